The van der Waals surface area contributed by atoms with Crippen LogP contribution in [0.5, 0.6) is 5.75 Å². The van der Waals surface area contributed by atoms with E-state index in [1.807, 2.05) is 78.9 Å². The van der Waals surface area contributed by atoms with Gasteiger partial charge in [0.15, 0.2) is 0 Å². The zero-order chi connectivity index (χ0) is 18.6. The molecule has 3 N–H and O–H groups in total. The summed E-state index contributed by atoms with van der Waals surface area (Å²) in [7, 11) is 1.62. The summed E-state index contributed by atoms with van der Waals surface area (Å²) in [6.07, 6.45) is 0. The molecular weight excluding hydrogens is 338 g/mol. The highest BCUT2D eigenvalue weighted by Gasteiger charge is 2.10. The number of rotatable bonds is 5. The average Bonchev–Trinajstić information content (AvgIpc) is 3.13. The molecule has 0 aliphatic carbocycles. The second-order valence-electron chi connectivity index (χ2n) is 6.16. The monoisotopic (exact) mass is 357 g/mol. The number of fused-ring (bicyclic) bond motifs is 1. The molecule has 0 bridgehead atoms. The van der Waals surface area contributed by atoms with Gasteiger partial charge in [-0.25, -0.2) is 0 Å². The van der Waals surface area contributed by atoms with Gasteiger partial charge in [0.05, 0.1) is 7.11 Å². The zero-order valence-electron chi connectivity index (χ0n) is 14.8. The van der Waals surface area contributed by atoms with Crippen molar-refractivity contribution in [1.29, 1.82) is 0 Å². The first kappa shape index (κ1) is 16.7. The molecule has 0 radical (unpaired) electrons. The smallest absolute Gasteiger partial charge is 0.272 e. The second-order valence-corrected chi connectivity index (χ2v) is 6.16. The molecule has 0 spiro atoms. The molecule has 5 heteroatoms. The molecule has 0 unspecified atom stereocenters. The van der Waals surface area contributed by atoms with Gasteiger partial charge in [-0.15, -0.1) is 0 Å². The molecule has 0 fully saturated rings. The van der Waals surface area contributed by atoms with Gasteiger partial charge in [0.1, 0.15) is 11.4 Å². The SMILES string of the molecule is COc1ccc2cc(C(=O)Nc3ccc(Nc4ccccc4)cc3)[nH]c2c1. The van der Waals surface area contributed by atoms with Crippen LogP contribution in [-0.4, -0.2) is 18.0 Å². The number of nitrogens with one attached hydrogen (secondary N) is 3. The van der Waals surface area contributed by atoms with E-state index in [9.17, 15) is 4.79 Å². The van der Waals surface area contributed by atoms with Crippen molar-refractivity contribution in [3.05, 3.63) is 84.6 Å². The fourth-order valence-electron chi connectivity index (χ4n) is 2.88. The Morgan fingerprint density at radius 3 is 2.30 bits per heavy atom. The van der Waals surface area contributed by atoms with Gasteiger partial charge in [-0.1, -0.05) is 18.2 Å². The summed E-state index contributed by atoms with van der Waals surface area (Å²) in [6, 6.07) is 25.0. The molecule has 3 aromatic carbocycles. The Kier molecular flexibility index (Phi) is 4.49. The first-order valence-electron chi connectivity index (χ1n) is 8.61. The summed E-state index contributed by atoms with van der Waals surface area (Å²) >= 11 is 0. The van der Waals surface area contributed by atoms with E-state index in [1.165, 1.54) is 0 Å². The topological polar surface area (TPSA) is 66.2 Å². The van der Waals surface area contributed by atoms with Crippen molar-refractivity contribution in [2.45, 2.75) is 0 Å². The summed E-state index contributed by atoms with van der Waals surface area (Å²) in [6.45, 7) is 0. The van der Waals surface area contributed by atoms with Crippen LogP contribution in [-0.2, 0) is 0 Å². The van der Waals surface area contributed by atoms with Crippen LogP contribution in [0.2, 0.25) is 0 Å². The summed E-state index contributed by atoms with van der Waals surface area (Å²) < 4.78 is 5.21. The van der Waals surface area contributed by atoms with Gasteiger partial charge in [0.2, 0.25) is 0 Å². The van der Waals surface area contributed by atoms with Crippen LogP contribution in [0.15, 0.2) is 78.9 Å². The molecule has 0 atom stereocenters. The van der Waals surface area contributed by atoms with Crippen LogP contribution in [0.3, 0.4) is 0 Å². The van der Waals surface area contributed by atoms with E-state index < -0.39 is 0 Å². The van der Waals surface area contributed by atoms with Gasteiger partial charge in [-0.3, -0.25) is 4.79 Å². The summed E-state index contributed by atoms with van der Waals surface area (Å²) in [5.74, 6) is 0.562. The number of anilines is 3. The van der Waals surface area contributed by atoms with E-state index in [-0.39, 0.29) is 5.91 Å². The van der Waals surface area contributed by atoms with Gasteiger partial charge in [0.25, 0.3) is 5.91 Å². The Labute approximate surface area is 157 Å². The molecule has 5 nitrogen and oxygen atoms in total. The number of aromatic amines is 1. The van der Waals surface area contributed by atoms with Gasteiger partial charge < -0.3 is 20.4 Å². The number of benzene rings is 3. The van der Waals surface area contributed by atoms with Crippen molar-refractivity contribution in [2.75, 3.05) is 17.7 Å². The summed E-state index contributed by atoms with van der Waals surface area (Å²) in [5.41, 5.74) is 4.07. The zero-order valence-corrected chi connectivity index (χ0v) is 14.8. The number of carbonyl (C=O) groups excluding carboxylic acids is 1. The van der Waals surface area contributed by atoms with Crippen molar-refractivity contribution in [1.82, 2.24) is 4.98 Å². The minimum Gasteiger partial charge on any atom is -0.497 e. The number of carbonyl (C=O) groups is 1. The number of para-hydroxylation sites is 1. The fraction of sp³-hybridized carbons (Fsp3) is 0.0455. The Morgan fingerprint density at radius 1 is 0.852 bits per heavy atom. The van der Waals surface area contributed by atoms with Crippen LogP contribution in [0, 0.1) is 0 Å². The normalized spacial score (nSPS) is 10.6. The van der Waals surface area contributed by atoms with Crippen LogP contribution >= 0.6 is 0 Å². The maximum atomic E-state index is 12.5. The molecule has 134 valence electrons. The number of aromatic nitrogens is 1. The van der Waals surface area contributed by atoms with Crippen LogP contribution < -0.4 is 15.4 Å². The van der Waals surface area contributed by atoms with E-state index >= 15 is 0 Å². The lowest BCUT2D eigenvalue weighted by Gasteiger charge is -2.08. The largest absolute Gasteiger partial charge is 0.497 e. The molecule has 1 aromatic heterocycles. The Morgan fingerprint density at radius 2 is 1.56 bits per heavy atom. The lowest BCUT2D eigenvalue weighted by molar-refractivity contribution is 0.102. The number of methoxy groups -OCH3 is 1. The van der Waals surface area contributed by atoms with E-state index in [4.69, 9.17) is 4.74 Å². The third kappa shape index (κ3) is 3.77. The van der Waals surface area contributed by atoms with Crippen molar-refractivity contribution in [2.24, 2.45) is 0 Å². The molecule has 27 heavy (non-hydrogen) atoms. The number of amides is 1. The third-order valence-corrected chi connectivity index (χ3v) is 4.28. The van der Waals surface area contributed by atoms with E-state index in [1.54, 1.807) is 7.11 Å². The minimum atomic E-state index is -0.186. The Balaban J connectivity index is 1.46. The van der Waals surface area contributed by atoms with Gasteiger partial charge in [-0.05, 0) is 54.6 Å². The molecule has 1 heterocycles. The quantitative estimate of drug-likeness (QED) is 0.461. The van der Waals surface area contributed by atoms with Crippen LogP contribution in [0.1, 0.15) is 10.5 Å². The molecular formula is C22H19N3O2. The Hall–Kier alpha value is -3.73. The number of ether oxygens (including phenoxy) is 1. The molecule has 4 rings (SSSR count). The van der Waals surface area contributed by atoms with Crippen molar-refractivity contribution in [3.63, 3.8) is 0 Å². The molecule has 0 aliphatic heterocycles. The highest BCUT2D eigenvalue weighted by atomic mass is 16.5. The molecule has 1 amide bonds. The average molecular weight is 357 g/mol. The standard InChI is InChI=1S/C22H19N3O2/c1-27-19-12-7-15-13-21(25-20(15)14-19)22(26)24-18-10-8-17(9-11-18)23-16-5-3-2-4-6-16/h2-14,23,25H,1H3,(H,24,26). The molecule has 0 saturated heterocycles. The van der Waals surface area contributed by atoms with Gasteiger partial charge in [-0.2, -0.15) is 0 Å². The van der Waals surface area contributed by atoms with Crippen molar-refractivity contribution in [3.8, 4) is 5.75 Å². The van der Waals surface area contributed by atoms with Crippen molar-refractivity contribution >= 4 is 33.9 Å². The maximum absolute atomic E-state index is 12.5. The number of hydrogen-bond acceptors (Lipinski definition) is 3. The molecule has 4 aromatic rings. The van der Waals surface area contributed by atoms with E-state index in [2.05, 4.69) is 15.6 Å². The second kappa shape index (κ2) is 7.25. The van der Waals surface area contributed by atoms with Crippen molar-refractivity contribution < 1.29 is 9.53 Å². The van der Waals surface area contributed by atoms with E-state index in [0.717, 1.165) is 33.7 Å². The third-order valence-electron chi connectivity index (χ3n) is 4.28. The summed E-state index contributed by atoms with van der Waals surface area (Å²) in [4.78, 5) is 15.7. The first-order chi connectivity index (χ1) is 13.2. The fourth-order valence-corrected chi connectivity index (χ4v) is 2.88. The lowest BCUT2D eigenvalue weighted by atomic mass is 10.2. The highest BCUT2D eigenvalue weighted by molar-refractivity contribution is 6.06. The van der Waals surface area contributed by atoms with Crippen LogP contribution in [0.25, 0.3) is 10.9 Å². The Bertz CT molecular complexity index is 1070. The number of H-pyrrole nitrogens is 1. The maximum Gasteiger partial charge on any atom is 0.272 e. The molecule has 0 aliphatic rings. The lowest BCUT2D eigenvalue weighted by Crippen LogP contribution is -2.12. The van der Waals surface area contributed by atoms with E-state index in [0.29, 0.717) is 5.69 Å². The van der Waals surface area contributed by atoms with Gasteiger partial charge in [0, 0.05) is 34.0 Å². The highest BCUT2D eigenvalue weighted by Crippen LogP contribution is 2.22. The summed E-state index contributed by atoms with van der Waals surface area (Å²) in [5, 5.41) is 7.19. The minimum absolute atomic E-state index is 0.186. The predicted molar refractivity (Wildman–Crippen MR) is 109 cm³/mol. The first-order valence-corrected chi connectivity index (χ1v) is 8.61. The number of hydrogen-bond donors (Lipinski definition) is 3. The predicted octanol–water partition coefficient (Wildman–Crippen LogP) is 5.17. The van der Waals surface area contributed by atoms with Gasteiger partial charge >= 0.3 is 0 Å². The molecule has 0 saturated carbocycles. The van der Waals surface area contributed by atoms with Crippen LogP contribution in [0.4, 0.5) is 17.1 Å².